The molecule has 3 nitrogen and oxygen atoms in total. The highest BCUT2D eigenvalue weighted by Gasteiger charge is 2.55. The Morgan fingerprint density at radius 1 is 0.963 bits per heavy atom. The number of amides is 1. The summed E-state index contributed by atoms with van der Waals surface area (Å²) in [5.41, 5.74) is 1.09. The van der Waals surface area contributed by atoms with Crippen LogP contribution in [0.4, 0.5) is 0 Å². The molecular formula is C24H29NO2. The van der Waals surface area contributed by atoms with Crippen molar-refractivity contribution < 1.29 is 9.21 Å². The summed E-state index contributed by atoms with van der Waals surface area (Å²) in [6.07, 6.45) is 7.43. The average Bonchev–Trinajstić information content (AvgIpc) is 3.05. The molecule has 3 heteroatoms. The van der Waals surface area contributed by atoms with Gasteiger partial charge in [0.25, 0.3) is 0 Å². The molecule has 1 aromatic carbocycles. The maximum Gasteiger partial charge on any atom is 0.229 e. The highest BCUT2D eigenvalue weighted by atomic mass is 16.3. The molecule has 0 unspecified atom stereocenters. The monoisotopic (exact) mass is 363 g/mol. The molecule has 4 aliphatic rings. The maximum absolute atomic E-state index is 13.9. The Balaban J connectivity index is 1.43. The summed E-state index contributed by atoms with van der Waals surface area (Å²) in [5.74, 6) is 4.52. The summed E-state index contributed by atoms with van der Waals surface area (Å²) < 4.78 is 5.83. The normalized spacial score (nSPS) is 31.2. The molecule has 0 aliphatic heterocycles. The van der Waals surface area contributed by atoms with Crippen LogP contribution in [0.25, 0.3) is 0 Å². The molecule has 1 heterocycles. The molecule has 0 saturated heterocycles. The van der Waals surface area contributed by atoms with E-state index in [1.807, 2.05) is 25.1 Å². The van der Waals surface area contributed by atoms with Gasteiger partial charge in [-0.1, -0.05) is 30.3 Å². The quantitative estimate of drug-likeness (QED) is 0.719. The Labute approximate surface area is 161 Å². The maximum atomic E-state index is 13.9. The first-order valence-electron chi connectivity index (χ1n) is 10.5. The fraction of sp³-hybridized carbons (Fsp3) is 0.542. The lowest BCUT2D eigenvalue weighted by molar-refractivity contribution is -0.159. The van der Waals surface area contributed by atoms with E-state index in [0.717, 1.165) is 48.5 Å². The van der Waals surface area contributed by atoms with E-state index in [9.17, 15) is 4.79 Å². The summed E-state index contributed by atoms with van der Waals surface area (Å²) in [6, 6.07) is 14.4. The van der Waals surface area contributed by atoms with Crippen LogP contribution in [0.1, 0.15) is 55.6 Å². The molecule has 1 amide bonds. The molecule has 6 rings (SSSR count). The van der Waals surface area contributed by atoms with Crippen molar-refractivity contribution in [3.8, 4) is 0 Å². The van der Waals surface area contributed by atoms with Gasteiger partial charge in [-0.2, -0.15) is 0 Å². The average molecular weight is 364 g/mol. The van der Waals surface area contributed by atoms with Crippen LogP contribution in [0.3, 0.4) is 0 Å². The standard InChI is InChI=1S/C24H29NO2/c1-17-7-8-22(27-17)16-25(15-18-5-3-2-4-6-18)23(26)24-12-19-9-20(13-24)11-21(10-19)14-24/h2-8,19-21H,9-16H2,1H3. The third-order valence-corrected chi connectivity index (χ3v) is 7.14. The second kappa shape index (κ2) is 6.54. The molecule has 0 radical (unpaired) electrons. The lowest BCUT2D eigenvalue weighted by Crippen LogP contribution is -2.54. The van der Waals surface area contributed by atoms with E-state index in [-0.39, 0.29) is 5.41 Å². The summed E-state index contributed by atoms with van der Waals surface area (Å²) in [5, 5.41) is 0. The van der Waals surface area contributed by atoms with Gasteiger partial charge in [-0.05, 0) is 80.9 Å². The Hall–Kier alpha value is -2.03. The van der Waals surface area contributed by atoms with E-state index in [2.05, 4.69) is 29.2 Å². The van der Waals surface area contributed by atoms with Crippen molar-refractivity contribution >= 4 is 5.91 Å². The molecule has 0 spiro atoms. The van der Waals surface area contributed by atoms with Gasteiger partial charge in [-0.25, -0.2) is 0 Å². The van der Waals surface area contributed by atoms with Crippen molar-refractivity contribution in [3.63, 3.8) is 0 Å². The number of carbonyl (C=O) groups is 1. The predicted molar refractivity (Wildman–Crippen MR) is 105 cm³/mol. The number of nitrogens with zero attached hydrogens (tertiary/aromatic N) is 1. The molecule has 4 fully saturated rings. The van der Waals surface area contributed by atoms with Crippen LogP contribution in [0, 0.1) is 30.1 Å². The predicted octanol–water partition coefficient (Wildman–Crippen LogP) is 5.33. The molecule has 2 aromatic rings. The van der Waals surface area contributed by atoms with Gasteiger partial charge in [-0.3, -0.25) is 4.79 Å². The van der Waals surface area contributed by atoms with E-state index >= 15 is 0 Å². The SMILES string of the molecule is Cc1ccc(CN(Cc2ccccc2)C(=O)C23CC4CC(CC(C4)C2)C3)o1. The minimum absolute atomic E-state index is 0.106. The zero-order valence-electron chi connectivity index (χ0n) is 16.2. The Morgan fingerprint density at radius 3 is 2.15 bits per heavy atom. The Morgan fingerprint density at radius 2 is 1.59 bits per heavy atom. The first-order valence-corrected chi connectivity index (χ1v) is 10.5. The topological polar surface area (TPSA) is 33.5 Å². The molecule has 1 aromatic heterocycles. The first kappa shape index (κ1) is 17.1. The molecule has 4 aliphatic carbocycles. The zero-order chi connectivity index (χ0) is 18.4. The van der Waals surface area contributed by atoms with Crippen molar-refractivity contribution in [2.75, 3.05) is 0 Å². The molecule has 0 atom stereocenters. The van der Waals surface area contributed by atoms with Gasteiger partial charge >= 0.3 is 0 Å². The summed E-state index contributed by atoms with van der Waals surface area (Å²) in [7, 11) is 0. The largest absolute Gasteiger partial charge is 0.464 e. The Bertz CT molecular complexity index is 787. The molecule has 142 valence electrons. The van der Waals surface area contributed by atoms with Crippen LogP contribution in [-0.4, -0.2) is 10.8 Å². The zero-order valence-corrected chi connectivity index (χ0v) is 16.2. The fourth-order valence-electron chi connectivity index (χ4n) is 6.47. The minimum Gasteiger partial charge on any atom is -0.464 e. The summed E-state index contributed by atoms with van der Waals surface area (Å²) in [4.78, 5) is 16.0. The van der Waals surface area contributed by atoms with Crippen molar-refractivity contribution in [2.45, 2.75) is 58.5 Å². The number of hydrogen-bond acceptors (Lipinski definition) is 2. The van der Waals surface area contributed by atoms with Crippen molar-refractivity contribution in [1.29, 1.82) is 0 Å². The van der Waals surface area contributed by atoms with Crippen LogP contribution in [0.2, 0.25) is 0 Å². The first-order chi connectivity index (χ1) is 13.1. The van der Waals surface area contributed by atoms with E-state index in [1.54, 1.807) is 0 Å². The molecule has 0 N–H and O–H groups in total. The van der Waals surface area contributed by atoms with Gasteiger partial charge in [0.2, 0.25) is 5.91 Å². The number of furan rings is 1. The smallest absolute Gasteiger partial charge is 0.229 e. The lowest BCUT2D eigenvalue weighted by Gasteiger charge is -2.56. The third kappa shape index (κ3) is 3.22. The number of rotatable bonds is 5. The van der Waals surface area contributed by atoms with Gasteiger partial charge in [0, 0.05) is 6.54 Å². The fourth-order valence-corrected chi connectivity index (χ4v) is 6.47. The second-order valence-electron chi connectivity index (χ2n) is 9.36. The van der Waals surface area contributed by atoms with Gasteiger partial charge in [-0.15, -0.1) is 0 Å². The minimum atomic E-state index is -0.106. The van der Waals surface area contributed by atoms with E-state index in [1.165, 1.54) is 24.8 Å². The third-order valence-electron chi connectivity index (χ3n) is 7.14. The van der Waals surface area contributed by atoms with Gasteiger partial charge in [0.15, 0.2) is 0 Å². The van der Waals surface area contributed by atoms with Crippen molar-refractivity contribution in [3.05, 3.63) is 59.5 Å². The van der Waals surface area contributed by atoms with E-state index in [4.69, 9.17) is 4.42 Å². The van der Waals surface area contributed by atoms with Crippen LogP contribution in [-0.2, 0) is 17.9 Å². The van der Waals surface area contributed by atoms with Crippen LogP contribution in [0.5, 0.6) is 0 Å². The molecule has 27 heavy (non-hydrogen) atoms. The van der Waals surface area contributed by atoms with Gasteiger partial charge in [0.05, 0.1) is 12.0 Å². The second-order valence-corrected chi connectivity index (χ2v) is 9.36. The van der Waals surface area contributed by atoms with Crippen molar-refractivity contribution in [1.82, 2.24) is 4.90 Å². The summed E-state index contributed by atoms with van der Waals surface area (Å²) >= 11 is 0. The Kier molecular flexibility index (Phi) is 4.14. The van der Waals surface area contributed by atoms with Crippen LogP contribution >= 0.6 is 0 Å². The number of aryl methyl sites for hydroxylation is 1. The van der Waals surface area contributed by atoms with Crippen LogP contribution < -0.4 is 0 Å². The van der Waals surface area contributed by atoms with E-state index in [0.29, 0.717) is 19.0 Å². The molecular weight excluding hydrogens is 334 g/mol. The number of hydrogen-bond donors (Lipinski definition) is 0. The molecule has 4 saturated carbocycles. The van der Waals surface area contributed by atoms with Gasteiger partial charge < -0.3 is 9.32 Å². The lowest BCUT2D eigenvalue weighted by atomic mass is 9.49. The highest BCUT2D eigenvalue weighted by Crippen LogP contribution is 2.60. The van der Waals surface area contributed by atoms with Gasteiger partial charge in [0.1, 0.15) is 11.5 Å². The van der Waals surface area contributed by atoms with Crippen LogP contribution in [0.15, 0.2) is 46.9 Å². The molecule has 4 bridgehead atoms. The number of benzene rings is 1. The highest BCUT2D eigenvalue weighted by molar-refractivity contribution is 5.83. The van der Waals surface area contributed by atoms with Crippen molar-refractivity contribution in [2.24, 2.45) is 23.2 Å². The number of carbonyl (C=O) groups excluding carboxylic acids is 1. The van der Waals surface area contributed by atoms with E-state index < -0.39 is 0 Å². The summed E-state index contributed by atoms with van der Waals surface area (Å²) in [6.45, 7) is 3.20.